The predicted molar refractivity (Wildman–Crippen MR) is 123 cm³/mol. The Labute approximate surface area is 194 Å². The second-order valence-electron chi connectivity index (χ2n) is 7.40. The van der Waals surface area contributed by atoms with Gasteiger partial charge in [-0.2, -0.15) is 0 Å². The van der Waals surface area contributed by atoms with Gasteiger partial charge in [-0.05, 0) is 53.6 Å². The monoisotopic (exact) mass is 458 g/mol. The number of ketones is 1. The normalized spacial score (nSPS) is 11.0. The van der Waals surface area contributed by atoms with Gasteiger partial charge >= 0.3 is 0 Å². The van der Waals surface area contributed by atoms with Crippen LogP contribution in [0.25, 0.3) is 6.08 Å². The SMILES string of the molecule is O=C(/C=C/c1ccc(OCc2cn(Cc3cccc(F)c3)nn2)cc1)c1ccc([N+](=O)[O-])cc1. The predicted octanol–water partition coefficient (Wildman–Crippen LogP) is 4.85. The number of nitro groups is 1. The lowest BCUT2D eigenvalue weighted by Gasteiger charge is -2.04. The Balaban J connectivity index is 1.29. The number of nitrogens with zero attached hydrogens (tertiary/aromatic N) is 4. The van der Waals surface area contributed by atoms with Gasteiger partial charge in [0.05, 0.1) is 17.7 Å². The fraction of sp³-hybridized carbons (Fsp3) is 0.0800. The number of nitro benzene ring substituents is 1. The Hall–Kier alpha value is -4.66. The van der Waals surface area contributed by atoms with Gasteiger partial charge in [0, 0.05) is 17.7 Å². The van der Waals surface area contributed by atoms with Crippen molar-refractivity contribution in [2.45, 2.75) is 13.2 Å². The number of aromatic nitrogens is 3. The molecule has 0 bridgehead atoms. The number of carbonyl (C=O) groups excluding carboxylic acids is 1. The van der Waals surface area contributed by atoms with Gasteiger partial charge in [-0.25, -0.2) is 9.07 Å². The molecule has 0 radical (unpaired) electrons. The summed E-state index contributed by atoms with van der Waals surface area (Å²) in [6.45, 7) is 0.626. The molecule has 0 aliphatic carbocycles. The van der Waals surface area contributed by atoms with Crippen LogP contribution in [0.5, 0.6) is 5.75 Å². The molecule has 0 unspecified atom stereocenters. The van der Waals surface area contributed by atoms with Crippen LogP contribution in [0.15, 0.2) is 85.1 Å². The molecular formula is C25H19FN4O4. The number of hydrogen-bond donors (Lipinski definition) is 0. The van der Waals surface area contributed by atoms with Crippen molar-refractivity contribution in [2.75, 3.05) is 0 Å². The van der Waals surface area contributed by atoms with E-state index in [1.165, 1.54) is 42.5 Å². The first-order valence-electron chi connectivity index (χ1n) is 10.3. The van der Waals surface area contributed by atoms with E-state index in [0.717, 1.165) is 11.1 Å². The van der Waals surface area contributed by atoms with E-state index in [2.05, 4.69) is 10.3 Å². The molecule has 9 heteroatoms. The summed E-state index contributed by atoms with van der Waals surface area (Å²) in [7, 11) is 0. The summed E-state index contributed by atoms with van der Waals surface area (Å²) < 4.78 is 20.7. The van der Waals surface area contributed by atoms with Gasteiger partial charge in [0.2, 0.25) is 0 Å². The second kappa shape index (κ2) is 10.3. The Morgan fingerprint density at radius 3 is 2.56 bits per heavy atom. The van der Waals surface area contributed by atoms with Gasteiger partial charge < -0.3 is 4.74 Å². The van der Waals surface area contributed by atoms with Crippen molar-refractivity contribution >= 4 is 17.5 Å². The van der Waals surface area contributed by atoms with E-state index in [9.17, 15) is 19.3 Å². The van der Waals surface area contributed by atoms with E-state index >= 15 is 0 Å². The smallest absolute Gasteiger partial charge is 0.269 e. The first kappa shape index (κ1) is 22.5. The van der Waals surface area contributed by atoms with Gasteiger partial charge in [-0.1, -0.05) is 35.6 Å². The van der Waals surface area contributed by atoms with Gasteiger partial charge in [-0.3, -0.25) is 14.9 Å². The highest BCUT2D eigenvalue weighted by Gasteiger charge is 2.07. The molecule has 1 heterocycles. The number of benzene rings is 3. The molecule has 0 saturated carbocycles. The fourth-order valence-electron chi connectivity index (χ4n) is 3.15. The fourth-order valence-corrected chi connectivity index (χ4v) is 3.15. The van der Waals surface area contributed by atoms with Crippen LogP contribution < -0.4 is 4.74 Å². The lowest BCUT2D eigenvalue weighted by Crippen LogP contribution is -2.00. The van der Waals surface area contributed by atoms with Crippen LogP contribution in [-0.4, -0.2) is 25.7 Å². The highest BCUT2D eigenvalue weighted by Crippen LogP contribution is 2.16. The lowest BCUT2D eigenvalue weighted by atomic mass is 10.1. The molecule has 0 atom stereocenters. The zero-order chi connectivity index (χ0) is 23.9. The number of non-ortho nitro benzene ring substituents is 1. The van der Waals surface area contributed by atoms with E-state index in [-0.39, 0.29) is 23.9 Å². The quantitative estimate of drug-likeness (QED) is 0.154. The van der Waals surface area contributed by atoms with Gasteiger partial charge in [0.25, 0.3) is 5.69 Å². The number of ether oxygens (including phenoxy) is 1. The molecule has 0 spiro atoms. The average molecular weight is 458 g/mol. The third-order valence-electron chi connectivity index (χ3n) is 4.88. The summed E-state index contributed by atoms with van der Waals surface area (Å²) >= 11 is 0. The highest BCUT2D eigenvalue weighted by atomic mass is 19.1. The maximum atomic E-state index is 13.3. The number of allylic oxidation sites excluding steroid dienone is 1. The topological polar surface area (TPSA) is 100 Å². The average Bonchev–Trinajstić information content (AvgIpc) is 3.29. The molecule has 0 fully saturated rings. The maximum Gasteiger partial charge on any atom is 0.269 e. The van der Waals surface area contributed by atoms with Crippen LogP contribution >= 0.6 is 0 Å². The molecule has 4 rings (SSSR count). The summed E-state index contributed by atoms with van der Waals surface area (Å²) in [5.74, 6) is 0.0743. The van der Waals surface area contributed by atoms with Crippen molar-refractivity contribution in [3.05, 3.63) is 123 Å². The molecule has 0 amide bonds. The number of carbonyl (C=O) groups is 1. The largest absolute Gasteiger partial charge is 0.487 e. The maximum absolute atomic E-state index is 13.3. The Bertz CT molecular complexity index is 1330. The molecule has 0 aliphatic rings. The first-order valence-corrected chi connectivity index (χ1v) is 10.3. The molecule has 0 aliphatic heterocycles. The van der Waals surface area contributed by atoms with Crippen LogP contribution in [0.3, 0.4) is 0 Å². The van der Waals surface area contributed by atoms with Crippen LogP contribution in [-0.2, 0) is 13.2 Å². The van der Waals surface area contributed by atoms with Crippen molar-refractivity contribution in [1.29, 1.82) is 0 Å². The third kappa shape index (κ3) is 5.98. The second-order valence-corrected chi connectivity index (χ2v) is 7.40. The zero-order valence-electron chi connectivity index (χ0n) is 17.9. The Morgan fingerprint density at radius 1 is 1.09 bits per heavy atom. The summed E-state index contributed by atoms with van der Waals surface area (Å²) in [5, 5.41) is 18.8. The number of halogens is 1. The minimum atomic E-state index is -0.511. The molecule has 34 heavy (non-hydrogen) atoms. The van der Waals surface area contributed by atoms with E-state index in [4.69, 9.17) is 4.74 Å². The Kier molecular flexibility index (Phi) is 6.83. The van der Waals surface area contributed by atoms with Crippen molar-refractivity contribution in [3.63, 3.8) is 0 Å². The minimum absolute atomic E-state index is 0.0646. The molecule has 0 saturated heterocycles. The highest BCUT2D eigenvalue weighted by molar-refractivity contribution is 6.06. The van der Waals surface area contributed by atoms with Gasteiger partial charge in [-0.15, -0.1) is 5.10 Å². The van der Waals surface area contributed by atoms with Crippen LogP contribution in [0.2, 0.25) is 0 Å². The summed E-state index contributed by atoms with van der Waals surface area (Å²) in [6, 6.07) is 18.9. The van der Waals surface area contributed by atoms with Crippen molar-refractivity contribution in [1.82, 2.24) is 15.0 Å². The van der Waals surface area contributed by atoms with Crippen LogP contribution in [0.4, 0.5) is 10.1 Å². The van der Waals surface area contributed by atoms with E-state index in [0.29, 0.717) is 23.6 Å². The van der Waals surface area contributed by atoms with Crippen molar-refractivity contribution < 1.29 is 18.8 Å². The van der Waals surface area contributed by atoms with E-state index in [1.54, 1.807) is 47.3 Å². The molecule has 8 nitrogen and oxygen atoms in total. The molecule has 0 N–H and O–H groups in total. The molecule has 1 aromatic heterocycles. The molecular weight excluding hydrogens is 439 g/mol. The minimum Gasteiger partial charge on any atom is -0.487 e. The summed E-state index contributed by atoms with van der Waals surface area (Å²) in [4.78, 5) is 22.4. The third-order valence-corrected chi connectivity index (χ3v) is 4.88. The van der Waals surface area contributed by atoms with Gasteiger partial charge in [0.15, 0.2) is 5.78 Å². The number of hydrogen-bond acceptors (Lipinski definition) is 6. The van der Waals surface area contributed by atoms with Crippen LogP contribution in [0, 0.1) is 15.9 Å². The standard InChI is InChI=1S/C25H19FN4O4/c26-21-3-1-2-19(14-21)15-29-16-22(27-28-29)17-34-24-11-4-18(5-12-24)6-13-25(31)20-7-9-23(10-8-20)30(32)33/h1-14,16H,15,17H2/b13-6+. The summed E-state index contributed by atoms with van der Waals surface area (Å²) in [5.41, 5.74) is 2.52. The van der Waals surface area contributed by atoms with Crippen molar-refractivity contribution in [3.8, 4) is 5.75 Å². The molecule has 170 valence electrons. The first-order chi connectivity index (χ1) is 16.5. The van der Waals surface area contributed by atoms with Crippen molar-refractivity contribution in [2.24, 2.45) is 0 Å². The molecule has 3 aromatic carbocycles. The number of rotatable bonds is 9. The molecule has 4 aromatic rings. The van der Waals surface area contributed by atoms with E-state index in [1.807, 2.05) is 6.07 Å². The Morgan fingerprint density at radius 2 is 1.85 bits per heavy atom. The van der Waals surface area contributed by atoms with Crippen LogP contribution in [0.1, 0.15) is 27.2 Å². The van der Waals surface area contributed by atoms with Gasteiger partial charge in [0.1, 0.15) is 23.9 Å². The zero-order valence-corrected chi connectivity index (χ0v) is 17.9. The summed E-state index contributed by atoms with van der Waals surface area (Å²) in [6.07, 6.45) is 4.81. The lowest BCUT2D eigenvalue weighted by molar-refractivity contribution is -0.384. The van der Waals surface area contributed by atoms with E-state index < -0.39 is 4.92 Å².